The number of fused-ring (bicyclic) bond motifs is 1. The van der Waals surface area contributed by atoms with Crippen LogP contribution in [-0.2, 0) is 4.84 Å². The third-order valence-electron chi connectivity index (χ3n) is 4.94. The molecule has 7 nitrogen and oxygen atoms in total. The van der Waals surface area contributed by atoms with Gasteiger partial charge in [0.15, 0.2) is 5.82 Å². The molecule has 0 spiro atoms. The molecule has 1 aromatic heterocycles. The largest absolute Gasteiger partial charge is 0.507 e. The average molecular weight is 378 g/mol. The molecule has 0 saturated carbocycles. The number of hydrogen-bond donors (Lipinski definition) is 2. The molecule has 144 valence electrons. The number of carbonyl (C=O) groups excluding carboxylic acids is 1. The number of likely N-dealkylation sites (tertiary alicyclic amines) is 1. The van der Waals surface area contributed by atoms with E-state index in [0.717, 1.165) is 35.6 Å². The number of anilines is 1. The molecule has 2 aromatic carbocycles. The van der Waals surface area contributed by atoms with Gasteiger partial charge in [-0.05, 0) is 43.9 Å². The number of nitrogens with zero attached hydrogens (tertiary/aromatic N) is 3. The van der Waals surface area contributed by atoms with Crippen LogP contribution in [0.5, 0.6) is 5.75 Å². The van der Waals surface area contributed by atoms with E-state index in [9.17, 15) is 9.90 Å². The third kappa shape index (κ3) is 3.55. The van der Waals surface area contributed by atoms with Crippen molar-refractivity contribution >= 4 is 22.7 Å². The Balaban J connectivity index is 1.63. The van der Waals surface area contributed by atoms with E-state index in [-0.39, 0.29) is 5.75 Å². The number of aromatic nitrogens is 2. The number of aromatic hydroxyl groups is 1. The normalized spacial score (nSPS) is 14.1. The minimum absolute atomic E-state index is 0.150. The maximum absolute atomic E-state index is 12.2. The van der Waals surface area contributed by atoms with Crippen LogP contribution >= 0.6 is 0 Å². The van der Waals surface area contributed by atoms with Crippen LogP contribution in [0.15, 0.2) is 42.5 Å². The molecule has 28 heavy (non-hydrogen) atoms. The second-order valence-electron chi connectivity index (χ2n) is 6.98. The van der Waals surface area contributed by atoms with Crippen molar-refractivity contribution in [2.75, 3.05) is 18.6 Å². The Kier molecular flexibility index (Phi) is 4.97. The number of benzene rings is 2. The Morgan fingerprint density at radius 3 is 2.57 bits per heavy atom. The molecule has 0 radical (unpaired) electrons. The van der Waals surface area contributed by atoms with Gasteiger partial charge in [-0.2, -0.15) is 5.48 Å². The lowest BCUT2D eigenvalue weighted by atomic mass is 10.0. The molecule has 3 aromatic rings. The summed E-state index contributed by atoms with van der Waals surface area (Å²) in [4.78, 5) is 19.2. The van der Waals surface area contributed by atoms with Gasteiger partial charge in [0.1, 0.15) is 11.4 Å². The molecule has 1 saturated heterocycles. The first-order valence-electron chi connectivity index (χ1n) is 9.40. The van der Waals surface area contributed by atoms with Gasteiger partial charge in [0, 0.05) is 29.4 Å². The van der Waals surface area contributed by atoms with Crippen LogP contribution in [0.1, 0.15) is 24.8 Å². The lowest BCUT2D eigenvalue weighted by Gasteiger charge is -2.25. The van der Waals surface area contributed by atoms with Crippen molar-refractivity contribution in [1.82, 2.24) is 15.1 Å². The molecule has 0 aliphatic carbocycles. The van der Waals surface area contributed by atoms with Crippen molar-refractivity contribution in [2.24, 2.45) is 0 Å². The van der Waals surface area contributed by atoms with Gasteiger partial charge in [-0.3, -0.25) is 0 Å². The Morgan fingerprint density at radius 2 is 1.82 bits per heavy atom. The van der Waals surface area contributed by atoms with Crippen LogP contribution in [0.2, 0.25) is 0 Å². The van der Waals surface area contributed by atoms with Gasteiger partial charge in [0.2, 0.25) is 0 Å². The van der Waals surface area contributed by atoms with Crippen LogP contribution in [0.3, 0.4) is 0 Å². The number of hydrogen-bond acceptors (Lipinski definition) is 6. The van der Waals surface area contributed by atoms with Gasteiger partial charge >= 0.3 is 6.09 Å². The number of nitrogens with one attached hydrogen (secondary N) is 1. The predicted octanol–water partition coefficient (Wildman–Crippen LogP) is 4.26. The zero-order valence-corrected chi connectivity index (χ0v) is 15.7. The van der Waals surface area contributed by atoms with E-state index in [4.69, 9.17) is 4.84 Å². The number of amides is 1. The number of piperidine rings is 1. The third-order valence-corrected chi connectivity index (χ3v) is 4.94. The van der Waals surface area contributed by atoms with Crippen molar-refractivity contribution in [2.45, 2.75) is 26.2 Å². The summed E-state index contributed by atoms with van der Waals surface area (Å²) < 4.78 is 0. The topological polar surface area (TPSA) is 87.6 Å². The van der Waals surface area contributed by atoms with Crippen molar-refractivity contribution in [3.8, 4) is 17.0 Å². The van der Waals surface area contributed by atoms with Crippen LogP contribution in [0, 0.1) is 6.92 Å². The molecule has 7 heteroatoms. The highest BCUT2D eigenvalue weighted by atomic mass is 16.7. The molecule has 0 bridgehead atoms. The van der Waals surface area contributed by atoms with Gasteiger partial charge in [0.05, 0.1) is 0 Å². The summed E-state index contributed by atoms with van der Waals surface area (Å²) in [6.07, 6.45) is 2.71. The second kappa shape index (κ2) is 7.72. The summed E-state index contributed by atoms with van der Waals surface area (Å²) in [5.41, 5.74) is 4.79. The van der Waals surface area contributed by atoms with E-state index < -0.39 is 6.09 Å². The molecule has 1 aliphatic rings. The fourth-order valence-electron chi connectivity index (χ4n) is 3.45. The van der Waals surface area contributed by atoms with Crippen LogP contribution < -0.4 is 5.48 Å². The lowest BCUT2D eigenvalue weighted by Crippen LogP contribution is -2.37. The fraction of sp³-hybridized carbons (Fsp3) is 0.286. The van der Waals surface area contributed by atoms with Crippen LogP contribution in [0.25, 0.3) is 22.0 Å². The van der Waals surface area contributed by atoms with Crippen molar-refractivity contribution in [3.05, 3.63) is 48.0 Å². The zero-order valence-electron chi connectivity index (χ0n) is 15.7. The standard InChI is InChI=1S/C21H22N4O3/c1-14-9-10-17(18(26)13-14)19-15-7-3-4-8-16(15)20(23-22-19)24-28-21(27)25-11-5-2-6-12-25/h3-4,7-10,13,26H,2,5-6,11-12H2,1H3,(H,23,24). The van der Waals surface area contributed by atoms with Gasteiger partial charge in [0.25, 0.3) is 0 Å². The van der Waals surface area contributed by atoms with Crippen LogP contribution in [-0.4, -0.2) is 39.4 Å². The maximum Gasteiger partial charge on any atom is 0.434 e. The van der Waals surface area contributed by atoms with Gasteiger partial charge < -0.3 is 14.8 Å². The molecule has 2 heterocycles. The SMILES string of the molecule is Cc1ccc(-c2nnc(NOC(=O)N3CCCCC3)c3ccccc23)c(O)c1. The number of phenols is 1. The van der Waals surface area contributed by atoms with E-state index in [1.807, 2.05) is 43.3 Å². The monoisotopic (exact) mass is 378 g/mol. The summed E-state index contributed by atoms with van der Waals surface area (Å²) in [7, 11) is 0. The summed E-state index contributed by atoms with van der Waals surface area (Å²) in [5.74, 6) is 0.507. The molecule has 1 amide bonds. The van der Waals surface area contributed by atoms with Crippen LogP contribution in [0.4, 0.5) is 10.6 Å². The summed E-state index contributed by atoms with van der Waals surface area (Å²) in [5, 5.41) is 20.4. The molecule has 0 atom stereocenters. The highest BCUT2D eigenvalue weighted by molar-refractivity contribution is 6.00. The molecule has 0 unspecified atom stereocenters. The molecule has 4 rings (SSSR count). The van der Waals surface area contributed by atoms with Gasteiger partial charge in [-0.25, -0.2) is 4.79 Å². The first-order chi connectivity index (χ1) is 13.6. The van der Waals surface area contributed by atoms with Crippen molar-refractivity contribution in [1.29, 1.82) is 0 Å². The van der Waals surface area contributed by atoms with E-state index in [1.165, 1.54) is 0 Å². The smallest absolute Gasteiger partial charge is 0.434 e. The van der Waals surface area contributed by atoms with E-state index >= 15 is 0 Å². The van der Waals surface area contributed by atoms with Crippen molar-refractivity contribution < 1.29 is 14.7 Å². The first kappa shape index (κ1) is 18.0. The van der Waals surface area contributed by atoms with Crippen molar-refractivity contribution in [3.63, 3.8) is 0 Å². The van der Waals surface area contributed by atoms with Gasteiger partial charge in [-0.1, -0.05) is 30.3 Å². The Hall–Kier alpha value is -3.35. The Bertz CT molecular complexity index is 1020. The van der Waals surface area contributed by atoms with Gasteiger partial charge in [-0.15, -0.1) is 10.2 Å². The highest BCUT2D eigenvalue weighted by Crippen LogP contribution is 2.34. The average Bonchev–Trinajstić information content (AvgIpc) is 2.73. The molecule has 1 aliphatic heterocycles. The van der Waals surface area contributed by atoms with E-state index in [0.29, 0.717) is 30.2 Å². The predicted molar refractivity (Wildman–Crippen MR) is 107 cm³/mol. The summed E-state index contributed by atoms with van der Waals surface area (Å²) >= 11 is 0. The minimum Gasteiger partial charge on any atom is -0.507 e. The number of aryl methyl sites for hydroxylation is 1. The minimum atomic E-state index is -0.411. The Labute approximate surface area is 162 Å². The van der Waals surface area contributed by atoms with E-state index in [2.05, 4.69) is 15.7 Å². The summed E-state index contributed by atoms with van der Waals surface area (Å²) in [6, 6.07) is 13.0. The first-order valence-corrected chi connectivity index (χ1v) is 9.40. The lowest BCUT2D eigenvalue weighted by molar-refractivity contribution is 0.114. The second-order valence-corrected chi connectivity index (χ2v) is 6.98. The fourth-order valence-corrected chi connectivity index (χ4v) is 3.45. The molecular weight excluding hydrogens is 356 g/mol. The highest BCUT2D eigenvalue weighted by Gasteiger charge is 2.19. The quantitative estimate of drug-likeness (QED) is 0.662. The molecular formula is C21H22N4O3. The summed E-state index contributed by atoms with van der Waals surface area (Å²) in [6.45, 7) is 3.33. The zero-order chi connectivity index (χ0) is 19.5. The molecule has 2 N–H and O–H groups in total. The number of carbonyl (C=O) groups is 1. The number of rotatable bonds is 3. The Morgan fingerprint density at radius 1 is 1.07 bits per heavy atom. The number of phenolic OH excluding ortho intramolecular Hbond substituents is 1. The van der Waals surface area contributed by atoms with E-state index in [1.54, 1.807) is 11.0 Å². The maximum atomic E-state index is 12.2. The molecule has 1 fully saturated rings.